The Morgan fingerprint density at radius 2 is 1.66 bits per heavy atom. The van der Waals surface area contributed by atoms with Gasteiger partial charge in [-0.05, 0) is 42.3 Å². The minimum Gasteiger partial charge on any atom is -0.497 e. The molecule has 0 bridgehead atoms. The van der Waals surface area contributed by atoms with Crippen molar-refractivity contribution >= 4 is 11.8 Å². The van der Waals surface area contributed by atoms with E-state index in [-0.39, 0.29) is 17.7 Å². The Kier molecular flexibility index (Phi) is 7.39. The quantitative estimate of drug-likeness (QED) is 0.507. The predicted octanol–water partition coefficient (Wildman–Crippen LogP) is 4.53. The topological polar surface area (TPSA) is 59.1 Å². The van der Waals surface area contributed by atoms with Crippen molar-refractivity contribution in [1.29, 1.82) is 0 Å². The fourth-order valence-electron chi connectivity index (χ4n) is 4.87. The lowest BCUT2D eigenvalue weighted by Gasteiger charge is -2.25. The smallest absolute Gasteiger partial charge is 0.254 e. The molecule has 2 amide bonds. The lowest BCUT2D eigenvalue weighted by molar-refractivity contribution is -0.134. The van der Waals surface area contributed by atoms with E-state index in [2.05, 4.69) is 0 Å². The molecule has 6 heteroatoms. The standard InChI is InChI=1S/C29H32N2O4/c1-20-10-8-9-13-23(20)29(33)31-18-25(24-16-22(34-3)14-15-27(24)35-4)26(19-31)28(32)30(2)17-21-11-6-5-7-12-21/h5-16,25-26H,17-19H2,1-4H3/t25-,26-/m0/s1. The van der Waals surface area contributed by atoms with Crippen molar-refractivity contribution in [1.82, 2.24) is 9.80 Å². The first-order chi connectivity index (χ1) is 16.9. The number of benzene rings is 3. The number of likely N-dealkylation sites (tertiary alicyclic amines) is 1. The van der Waals surface area contributed by atoms with E-state index in [1.807, 2.05) is 86.8 Å². The fourth-order valence-corrected chi connectivity index (χ4v) is 4.87. The molecule has 0 aliphatic carbocycles. The summed E-state index contributed by atoms with van der Waals surface area (Å²) in [6.45, 7) is 3.20. The Morgan fingerprint density at radius 3 is 2.34 bits per heavy atom. The van der Waals surface area contributed by atoms with Gasteiger partial charge in [0.25, 0.3) is 5.91 Å². The molecule has 182 valence electrons. The van der Waals surface area contributed by atoms with Crippen molar-refractivity contribution in [3.8, 4) is 11.5 Å². The first-order valence-electron chi connectivity index (χ1n) is 11.8. The molecule has 6 nitrogen and oxygen atoms in total. The zero-order valence-electron chi connectivity index (χ0n) is 20.7. The van der Waals surface area contributed by atoms with E-state index in [0.717, 1.165) is 16.7 Å². The van der Waals surface area contributed by atoms with Gasteiger partial charge in [0.15, 0.2) is 0 Å². The molecule has 0 aromatic heterocycles. The summed E-state index contributed by atoms with van der Waals surface area (Å²) in [6.07, 6.45) is 0. The number of methoxy groups -OCH3 is 2. The van der Waals surface area contributed by atoms with E-state index in [1.165, 1.54) is 0 Å². The summed E-state index contributed by atoms with van der Waals surface area (Å²) in [5.74, 6) is 0.689. The fraction of sp³-hybridized carbons (Fsp3) is 0.310. The average Bonchev–Trinajstić information content (AvgIpc) is 3.33. The second-order valence-electron chi connectivity index (χ2n) is 9.03. The van der Waals surface area contributed by atoms with Crippen LogP contribution in [0.25, 0.3) is 0 Å². The highest BCUT2D eigenvalue weighted by atomic mass is 16.5. The van der Waals surface area contributed by atoms with E-state index in [4.69, 9.17) is 9.47 Å². The first kappa shape index (κ1) is 24.3. The van der Waals surface area contributed by atoms with Gasteiger partial charge in [0, 0.05) is 43.7 Å². The van der Waals surface area contributed by atoms with Crippen LogP contribution in [0.2, 0.25) is 0 Å². The lowest BCUT2D eigenvalue weighted by atomic mass is 9.87. The molecule has 0 N–H and O–H groups in total. The van der Waals surface area contributed by atoms with Crippen LogP contribution in [0.15, 0.2) is 72.8 Å². The van der Waals surface area contributed by atoms with Gasteiger partial charge in [-0.15, -0.1) is 0 Å². The van der Waals surface area contributed by atoms with E-state index in [1.54, 1.807) is 24.0 Å². The van der Waals surface area contributed by atoms with Gasteiger partial charge in [-0.2, -0.15) is 0 Å². The summed E-state index contributed by atoms with van der Waals surface area (Å²) in [6, 6.07) is 23.1. The SMILES string of the molecule is COc1ccc(OC)c([C@@H]2CN(C(=O)c3ccccc3C)C[C@@H]2C(=O)N(C)Cc2ccccc2)c1. The molecular formula is C29H32N2O4. The second-order valence-corrected chi connectivity index (χ2v) is 9.03. The number of hydrogen-bond acceptors (Lipinski definition) is 4. The van der Waals surface area contributed by atoms with Crippen LogP contribution in [0.5, 0.6) is 11.5 Å². The van der Waals surface area contributed by atoms with Gasteiger partial charge < -0.3 is 19.3 Å². The number of ether oxygens (including phenoxy) is 2. The maximum atomic E-state index is 13.8. The minimum atomic E-state index is -0.405. The molecule has 0 radical (unpaired) electrons. The van der Waals surface area contributed by atoms with Gasteiger partial charge in [-0.1, -0.05) is 48.5 Å². The summed E-state index contributed by atoms with van der Waals surface area (Å²) in [7, 11) is 5.06. The molecule has 35 heavy (non-hydrogen) atoms. The Morgan fingerprint density at radius 1 is 0.943 bits per heavy atom. The predicted molar refractivity (Wildman–Crippen MR) is 136 cm³/mol. The highest BCUT2D eigenvalue weighted by Gasteiger charge is 2.43. The maximum absolute atomic E-state index is 13.8. The zero-order chi connectivity index (χ0) is 24.9. The number of rotatable bonds is 7. The summed E-state index contributed by atoms with van der Waals surface area (Å²) < 4.78 is 11.1. The van der Waals surface area contributed by atoms with Gasteiger partial charge in [-0.3, -0.25) is 9.59 Å². The Hall–Kier alpha value is -3.80. The van der Waals surface area contributed by atoms with Crippen molar-refractivity contribution < 1.29 is 19.1 Å². The Labute approximate surface area is 207 Å². The lowest BCUT2D eigenvalue weighted by Crippen LogP contribution is -2.36. The van der Waals surface area contributed by atoms with Crippen molar-refractivity contribution in [3.63, 3.8) is 0 Å². The normalized spacial score (nSPS) is 17.2. The number of nitrogens with zero attached hydrogens (tertiary/aromatic N) is 2. The number of carbonyl (C=O) groups excluding carboxylic acids is 2. The van der Waals surface area contributed by atoms with Gasteiger partial charge in [0.1, 0.15) is 11.5 Å². The molecule has 0 unspecified atom stereocenters. The van der Waals surface area contributed by atoms with E-state index < -0.39 is 5.92 Å². The van der Waals surface area contributed by atoms with Crippen molar-refractivity contribution in [2.24, 2.45) is 5.92 Å². The molecule has 3 aromatic rings. The van der Waals surface area contributed by atoms with Gasteiger partial charge >= 0.3 is 0 Å². The van der Waals surface area contributed by atoms with Crippen LogP contribution in [0.3, 0.4) is 0 Å². The van der Waals surface area contributed by atoms with Crippen molar-refractivity contribution in [2.75, 3.05) is 34.4 Å². The average molecular weight is 473 g/mol. The van der Waals surface area contributed by atoms with Crippen LogP contribution >= 0.6 is 0 Å². The van der Waals surface area contributed by atoms with Crippen LogP contribution in [-0.2, 0) is 11.3 Å². The molecule has 3 aromatic carbocycles. The molecule has 2 atom stereocenters. The molecule has 0 saturated carbocycles. The Bertz CT molecular complexity index is 1190. The van der Waals surface area contributed by atoms with Crippen LogP contribution in [0.4, 0.5) is 0 Å². The second kappa shape index (κ2) is 10.6. The molecule has 1 heterocycles. The molecule has 1 aliphatic heterocycles. The van der Waals surface area contributed by atoms with E-state index >= 15 is 0 Å². The molecule has 1 fully saturated rings. The van der Waals surface area contributed by atoms with Crippen LogP contribution < -0.4 is 9.47 Å². The monoisotopic (exact) mass is 472 g/mol. The highest BCUT2D eigenvalue weighted by molar-refractivity contribution is 5.96. The van der Waals surface area contributed by atoms with Gasteiger partial charge in [-0.25, -0.2) is 0 Å². The van der Waals surface area contributed by atoms with E-state index in [0.29, 0.717) is 36.7 Å². The third kappa shape index (κ3) is 5.16. The van der Waals surface area contributed by atoms with Gasteiger partial charge in [0.2, 0.25) is 5.91 Å². The summed E-state index contributed by atoms with van der Waals surface area (Å²) >= 11 is 0. The maximum Gasteiger partial charge on any atom is 0.254 e. The highest BCUT2D eigenvalue weighted by Crippen LogP contribution is 2.40. The molecule has 4 rings (SSSR count). The molecular weight excluding hydrogens is 440 g/mol. The van der Waals surface area contributed by atoms with Crippen molar-refractivity contribution in [2.45, 2.75) is 19.4 Å². The Balaban J connectivity index is 1.68. The van der Waals surface area contributed by atoms with E-state index in [9.17, 15) is 9.59 Å². The van der Waals surface area contributed by atoms with Crippen LogP contribution in [0, 0.1) is 12.8 Å². The molecule has 1 saturated heterocycles. The number of hydrogen-bond donors (Lipinski definition) is 0. The zero-order valence-corrected chi connectivity index (χ0v) is 20.7. The van der Waals surface area contributed by atoms with Crippen molar-refractivity contribution in [3.05, 3.63) is 95.1 Å². The summed E-state index contributed by atoms with van der Waals surface area (Å²) in [5, 5.41) is 0. The number of aryl methyl sites for hydroxylation is 1. The molecule has 0 spiro atoms. The largest absolute Gasteiger partial charge is 0.497 e. The minimum absolute atomic E-state index is 0.00353. The molecule has 1 aliphatic rings. The summed E-state index contributed by atoms with van der Waals surface area (Å²) in [4.78, 5) is 30.8. The number of carbonyl (C=O) groups is 2. The van der Waals surface area contributed by atoms with Crippen LogP contribution in [-0.4, -0.2) is 56.0 Å². The number of amides is 2. The summed E-state index contributed by atoms with van der Waals surface area (Å²) in [5.41, 5.74) is 3.52. The van der Waals surface area contributed by atoms with Crippen LogP contribution in [0.1, 0.15) is 33.0 Å². The first-order valence-corrected chi connectivity index (χ1v) is 11.8. The van der Waals surface area contributed by atoms with Gasteiger partial charge in [0.05, 0.1) is 20.1 Å². The third-order valence-electron chi connectivity index (χ3n) is 6.77. The third-order valence-corrected chi connectivity index (χ3v) is 6.77.